The first-order chi connectivity index (χ1) is 11.7. The average Bonchev–Trinajstić information content (AvgIpc) is 3.33. The first-order valence-corrected chi connectivity index (χ1v) is 8.69. The Hall–Kier alpha value is -1.66. The minimum Gasteiger partial charge on any atom is -0.383 e. The van der Waals surface area contributed by atoms with Crippen molar-refractivity contribution in [2.45, 2.75) is 37.3 Å². The molecular weight excluding hydrogens is 309 g/mol. The van der Waals surface area contributed by atoms with E-state index in [-0.39, 0.29) is 23.9 Å². The van der Waals surface area contributed by atoms with Gasteiger partial charge in [0.25, 0.3) is 0 Å². The molecule has 2 N–H and O–H groups in total. The van der Waals surface area contributed by atoms with Crippen LogP contribution in [-0.4, -0.2) is 56.4 Å². The molecule has 1 aliphatic heterocycles. The van der Waals surface area contributed by atoms with E-state index in [1.54, 1.807) is 19.2 Å². The molecule has 1 aromatic carbocycles. The number of piperidine rings is 1. The van der Waals surface area contributed by atoms with Crippen LogP contribution in [0.1, 0.15) is 30.7 Å². The van der Waals surface area contributed by atoms with Crippen molar-refractivity contribution in [1.29, 1.82) is 0 Å². The Labute approximate surface area is 142 Å². The van der Waals surface area contributed by atoms with Crippen LogP contribution in [0.25, 0.3) is 0 Å². The van der Waals surface area contributed by atoms with E-state index in [1.807, 2.05) is 0 Å². The Morgan fingerprint density at radius 3 is 2.88 bits per heavy atom. The number of methoxy groups -OCH3 is 1. The zero-order chi connectivity index (χ0) is 16.9. The predicted molar refractivity (Wildman–Crippen MR) is 90.6 cm³/mol. The highest BCUT2D eigenvalue weighted by Crippen LogP contribution is 2.40. The number of likely N-dealkylation sites (tertiary alicyclic amines) is 1. The van der Waals surface area contributed by atoms with Gasteiger partial charge in [-0.25, -0.2) is 9.18 Å². The van der Waals surface area contributed by atoms with Gasteiger partial charge >= 0.3 is 6.03 Å². The topological polar surface area (TPSA) is 53.6 Å². The maximum absolute atomic E-state index is 13.0. The molecule has 1 saturated carbocycles. The van der Waals surface area contributed by atoms with Crippen LogP contribution in [-0.2, 0) is 4.74 Å². The largest absolute Gasteiger partial charge is 0.383 e. The van der Waals surface area contributed by atoms with E-state index in [9.17, 15) is 9.18 Å². The van der Waals surface area contributed by atoms with E-state index in [0.717, 1.165) is 51.1 Å². The molecule has 0 spiro atoms. The Morgan fingerprint density at radius 1 is 1.33 bits per heavy atom. The molecule has 0 aromatic heterocycles. The van der Waals surface area contributed by atoms with E-state index in [0.29, 0.717) is 5.92 Å². The Kier molecular flexibility index (Phi) is 5.68. The third-order valence-electron chi connectivity index (χ3n) is 4.86. The molecule has 24 heavy (non-hydrogen) atoms. The molecule has 0 bridgehead atoms. The molecule has 3 rings (SSSR count). The molecule has 2 amide bonds. The Balaban J connectivity index is 1.41. The van der Waals surface area contributed by atoms with Gasteiger partial charge in [-0.2, -0.15) is 0 Å². The highest BCUT2D eigenvalue weighted by molar-refractivity contribution is 5.75. The summed E-state index contributed by atoms with van der Waals surface area (Å²) >= 11 is 0. The fourth-order valence-electron chi connectivity index (χ4n) is 3.43. The number of urea groups is 1. The van der Waals surface area contributed by atoms with Crippen LogP contribution in [0.5, 0.6) is 0 Å². The predicted octanol–water partition coefficient (Wildman–Crippen LogP) is 2.09. The molecule has 3 atom stereocenters. The van der Waals surface area contributed by atoms with Gasteiger partial charge in [-0.05, 0) is 43.5 Å². The second-order valence-corrected chi connectivity index (χ2v) is 6.75. The number of carbonyl (C=O) groups excluding carboxylic acids is 1. The van der Waals surface area contributed by atoms with Crippen molar-refractivity contribution in [2.75, 3.05) is 33.4 Å². The summed E-state index contributed by atoms with van der Waals surface area (Å²) in [6.07, 6.45) is 3.03. The van der Waals surface area contributed by atoms with Gasteiger partial charge in [0.1, 0.15) is 5.82 Å². The molecule has 6 heteroatoms. The number of benzene rings is 1. The summed E-state index contributed by atoms with van der Waals surface area (Å²) in [6.45, 7) is 3.58. The van der Waals surface area contributed by atoms with Gasteiger partial charge in [0.05, 0.1) is 6.61 Å². The fraction of sp³-hybridized carbons (Fsp3) is 0.611. The summed E-state index contributed by atoms with van der Waals surface area (Å²) < 4.78 is 18.1. The van der Waals surface area contributed by atoms with Crippen LogP contribution >= 0.6 is 0 Å². The van der Waals surface area contributed by atoms with Gasteiger partial charge in [-0.15, -0.1) is 0 Å². The van der Waals surface area contributed by atoms with Gasteiger partial charge in [-0.3, -0.25) is 4.90 Å². The van der Waals surface area contributed by atoms with Gasteiger partial charge < -0.3 is 15.4 Å². The summed E-state index contributed by atoms with van der Waals surface area (Å²) in [5.74, 6) is 0.0814. The number of rotatable bonds is 6. The van der Waals surface area contributed by atoms with E-state index in [1.165, 1.54) is 12.1 Å². The van der Waals surface area contributed by atoms with Crippen molar-refractivity contribution >= 4 is 6.03 Å². The molecule has 132 valence electrons. The van der Waals surface area contributed by atoms with Crippen LogP contribution in [0.2, 0.25) is 0 Å². The second-order valence-electron chi connectivity index (χ2n) is 6.75. The second kappa shape index (κ2) is 7.94. The van der Waals surface area contributed by atoms with Crippen molar-refractivity contribution < 1.29 is 13.9 Å². The van der Waals surface area contributed by atoms with Crippen LogP contribution in [0.4, 0.5) is 9.18 Å². The smallest absolute Gasteiger partial charge is 0.315 e. The molecule has 1 aliphatic carbocycles. The average molecular weight is 335 g/mol. The molecule has 1 saturated heterocycles. The number of nitrogens with one attached hydrogen (secondary N) is 2. The van der Waals surface area contributed by atoms with Gasteiger partial charge in [0.2, 0.25) is 0 Å². The number of carbonyl (C=O) groups is 1. The van der Waals surface area contributed by atoms with E-state index in [2.05, 4.69) is 15.5 Å². The lowest BCUT2D eigenvalue weighted by Crippen LogP contribution is -2.51. The van der Waals surface area contributed by atoms with Crippen molar-refractivity contribution in [3.05, 3.63) is 35.6 Å². The van der Waals surface area contributed by atoms with Crippen LogP contribution < -0.4 is 10.6 Å². The fourth-order valence-corrected chi connectivity index (χ4v) is 3.43. The highest BCUT2D eigenvalue weighted by atomic mass is 19.1. The van der Waals surface area contributed by atoms with Crippen LogP contribution in [0.15, 0.2) is 24.3 Å². The quantitative estimate of drug-likeness (QED) is 0.837. The summed E-state index contributed by atoms with van der Waals surface area (Å²) in [7, 11) is 1.71. The first kappa shape index (κ1) is 17.2. The Bertz CT molecular complexity index is 552. The lowest BCUT2D eigenvalue weighted by molar-refractivity contribution is 0.123. The molecule has 0 radical (unpaired) electrons. The normalized spacial score (nSPS) is 26.8. The van der Waals surface area contributed by atoms with E-state index < -0.39 is 0 Å². The van der Waals surface area contributed by atoms with E-state index in [4.69, 9.17) is 4.74 Å². The molecule has 1 heterocycles. The first-order valence-electron chi connectivity index (χ1n) is 8.69. The number of ether oxygens (including phenoxy) is 1. The third-order valence-corrected chi connectivity index (χ3v) is 4.86. The maximum atomic E-state index is 13.0. The SMILES string of the molecule is COCCN1CCC[C@H](NC(=O)N[C@H]2C[C@@H]2c2ccc(F)cc2)C1. The Morgan fingerprint density at radius 2 is 2.12 bits per heavy atom. The summed E-state index contributed by atoms with van der Waals surface area (Å²) in [4.78, 5) is 14.5. The number of amides is 2. The minimum absolute atomic E-state index is 0.0943. The van der Waals surface area contributed by atoms with Crippen LogP contribution in [0.3, 0.4) is 0 Å². The maximum Gasteiger partial charge on any atom is 0.315 e. The van der Waals surface area contributed by atoms with Crippen LogP contribution in [0, 0.1) is 5.82 Å². The zero-order valence-corrected chi connectivity index (χ0v) is 14.1. The third kappa shape index (κ3) is 4.68. The van der Waals surface area contributed by atoms with Gasteiger partial charge in [-0.1, -0.05) is 12.1 Å². The zero-order valence-electron chi connectivity index (χ0n) is 14.1. The molecular formula is C18H26FN3O2. The summed E-state index contributed by atoms with van der Waals surface area (Å²) in [5.41, 5.74) is 1.09. The number of nitrogens with zero attached hydrogens (tertiary/aromatic N) is 1. The van der Waals surface area contributed by atoms with Gasteiger partial charge in [0.15, 0.2) is 0 Å². The number of hydrogen-bond acceptors (Lipinski definition) is 3. The van der Waals surface area contributed by atoms with Crippen molar-refractivity contribution in [2.24, 2.45) is 0 Å². The lowest BCUT2D eigenvalue weighted by Gasteiger charge is -2.32. The summed E-state index contributed by atoms with van der Waals surface area (Å²) in [5, 5.41) is 6.12. The number of hydrogen-bond donors (Lipinski definition) is 2. The minimum atomic E-state index is -0.225. The molecule has 2 aliphatic rings. The summed E-state index contributed by atoms with van der Waals surface area (Å²) in [6, 6.07) is 6.80. The van der Waals surface area contributed by atoms with Crippen molar-refractivity contribution in [1.82, 2.24) is 15.5 Å². The van der Waals surface area contributed by atoms with E-state index >= 15 is 0 Å². The van der Waals surface area contributed by atoms with Crippen molar-refractivity contribution in [3.63, 3.8) is 0 Å². The van der Waals surface area contributed by atoms with Gasteiger partial charge in [0, 0.05) is 38.2 Å². The van der Waals surface area contributed by atoms with Crippen molar-refractivity contribution in [3.8, 4) is 0 Å². The lowest BCUT2D eigenvalue weighted by atomic mass is 10.1. The molecule has 0 unspecified atom stereocenters. The standard InChI is InChI=1S/C18H26FN3O2/c1-24-10-9-22-8-2-3-15(12-22)20-18(23)21-17-11-16(17)13-4-6-14(19)7-5-13/h4-7,15-17H,2-3,8-12H2,1H3,(H2,20,21,23)/t15-,16+,17-/m0/s1. The molecule has 2 fully saturated rings. The molecule has 5 nitrogen and oxygen atoms in total. The number of halogens is 1. The monoisotopic (exact) mass is 335 g/mol. The molecule has 1 aromatic rings. The highest BCUT2D eigenvalue weighted by Gasteiger charge is 2.39.